The van der Waals surface area contributed by atoms with Crippen molar-refractivity contribution < 1.29 is 23.3 Å². The van der Waals surface area contributed by atoms with E-state index in [1.165, 1.54) is 6.08 Å². The summed E-state index contributed by atoms with van der Waals surface area (Å²) in [6, 6.07) is 18.7. The molecule has 0 bridgehead atoms. The fourth-order valence-corrected chi connectivity index (χ4v) is 5.20. The Hall–Kier alpha value is -4.10. The third-order valence-electron chi connectivity index (χ3n) is 6.15. The van der Waals surface area contributed by atoms with E-state index in [0.29, 0.717) is 23.4 Å². The lowest BCUT2D eigenvalue weighted by Crippen LogP contribution is -2.12. The van der Waals surface area contributed by atoms with Gasteiger partial charge in [-0.15, -0.1) is 0 Å². The van der Waals surface area contributed by atoms with E-state index in [2.05, 4.69) is 11.4 Å². The Kier molecular flexibility index (Phi) is 9.50. The minimum atomic E-state index is -4.29. The summed E-state index contributed by atoms with van der Waals surface area (Å²) < 4.78 is 24.3. The third kappa shape index (κ3) is 7.55. The smallest absolute Gasteiger partial charge is 0.323 e. The van der Waals surface area contributed by atoms with E-state index >= 15 is 0 Å². The van der Waals surface area contributed by atoms with Crippen molar-refractivity contribution in [1.29, 1.82) is 5.26 Å². The number of phosphoric acid groups is 1. The van der Waals surface area contributed by atoms with Crippen molar-refractivity contribution in [3.63, 3.8) is 0 Å². The van der Waals surface area contributed by atoms with Crippen LogP contribution in [0.2, 0.25) is 0 Å². The van der Waals surface area contributed by atoms with Gasteiger partial charge in [0.25, 0.3) is 0 Å². The number of nitrogens with zero attached hydrogens (tertiary/aromatic N) is 4. The monoisotopic (exact) mass is 573 g/mol. The molecule has 2 aromatic heterocycles. The number of fused-ring (bicyclic) bond motifs is 1. The molecule has 2 N–H and O–H groups in total. The minimum Gasteiger partial charge on any atom is -0.323 e. The van der Waals surface area contributed by atoms with Gasteiger partial charge in [0.15, 0.2) is 0 Å². The number of hydrogen-bond acceptors (Lipinski definition) is 7. The molecule has 0 spiro atoms. The summed E-state index contributed by atoms with van der Waals surface area (Å²) in [4.78, 5) is 29.1. The van der Waals surface area contributed by atoms with Crippen LogP contribution in [0.25, 0.3) is 33.3 Å². The number of benzene rings is 2. The summed E-state index contributed by atoms with van der Waals surface area (Å²) in [6.45, 7) is 3.91. The number of amides is 1. The number of rotatable bonds is 11. The Labute approximate surface area is 239 Å². The van der Waals surface area contributed by atoms with Gasteiger partial charge in [-0.2, -0.15) is 5.26 Å². The average molecular weight is 574 g/mol. The van der Waals surface area contributed by atoms with E-state index in [4.69, 9.17) is 14.0 Å². The second-order valence-corrected chi connectivity index (χ2v) is 11.0. The van der Waals surface area contributed by atoms with Gasteiger partial charge in [-0.1, -0.05) is 30.3 Å². The number of pyridine rings is 1. The number of nitrogens with one attached hydrogen (secondary N) is 1. The molecule has 2 unspecified atom stereocenters. The van der Waals surface area contributed by atoms with Crippen molar-refractivity contribution in [3.05, 3.63) is 84.7 Å². The highest BCUT2D eigenvalue weighted by Gasteiger charge is 2.26. The third-order valence-corrected chi connectivity index (χ3v) is 7.30. The molecular formula is C30H32N5O5P. The van der Waals surface area contributed by atoms with E-state index in [0.717, 1.165) is 27.6 Å². The summed E-state index contributed by atoms with van der Waals surface area (Å²) >= 11 is 0. The molecule has 0 fully saturated rings. The molecule has 212 valence electrons. The molecule has 0 aliphatic rings. The van der Waals surface area contributed by atoms with Gasteiger partial charge in [-0.25, -0.2) is 9.55 Å². The molecule has 4 aromatic rings. The van der Waals surface area contributed by atoms with Crippen molar-refractivity contribution >= 4 is 30.5 Å². The lowest BCUT2D eigenvalue weighted by Gasteiger charge is -2.18. The molecule has 10 nitrogen and oxygen atoms in total. The summed E-state index contributed by atoms with van der Waals surface area (Å²) in [5.74, 6) is -0.225. The minimum absolute atomic E-state index is 0.0205. The molecule has 0 aliphatic heterocycles. The SMILES string of the molecule is CCOP(=O)(O)OC(C)n1cc(-c2cccc(C#N)c2)c2cc(-c3cccc(NC(=O)C=CCN(C)C)c3)cnc21. The maximum atomic E-state index is 12.4. The standard InChI is InChI=1S/C30H32N5O5P/c1-5-39-41(37,38)40-21(2)35-20-28(24-11-6-9-22(15-24)18-31)27-17-25(19-32-30(27)35)23-10-7-12-26(16-23)33-29(36)13-8-14-34(3)4/h6-13,15-17,19-21H,5,14H2,1-4H3,(H,33,36)(H,37,38). The van der Waals surface area contributed by atoms with Gasteiger partial charge in [0.05, 0.1) is 18.2 Å². The second kappa shape index (κ2) is 13.0. The van der Waals surface area contributed by atoms with Crippen molar-refractivity contribution in [2.24, 2.45) is 0 Å². The molecule has 2 aromatic carbocycles. The van der Waals surface area contributed by atoms with Crippen LogP contribution in [0, 0.1) is 11.3 Å². The summed E-state index contributed by atoms with van der Waals surface area (Å²) in [6.07, 6.45) is 5.89. The maximum absolute atomic E-state index is 12.4. The summed E-state index contributed by atoms with van der Waals surface area (Å²) in [7, 11) is -0.435. The molecule has 41 heavy (non-hydrogen) atoms. The van der Waals surface area contributed by atoms with Crippen molar-refractivity contribution in [2.75, 3.05) is 32.6 Å². The molecule has 2 heterocycles. The number of likely N-dealkylation sites (N-methyl/N-ethyl adjacent to an activating group) is 1. The van der Waals surface area contributed by atoms with E-state index < -0.39 is 14.1 Å². The first-order valence-electron chi connectivity index (χ1n) is 13.0. The summed E-state index contributed by atoms with van der Waals surface area (Å²) in [5.41, 5.74) is 4.82. The van der Waals surface area contributed by atoms with Crippen LogP contribution in [0.15, 0.2) is 79.1 Å². The molecule has 0 saturated carbocycles. The van der Waals surface area contributed by atoms with Gasteiger partial charge in [0, 0.05) is 47.2 Å². The number of nitriles is 1. The van der Waals surface area contributed by atoms with Gasteiger partial charge in [0.1, 0.15) is 11.9 Å². The van der Waals surface area contributed by atoms with Crippen molar-refractivity contribution in [2.45, 2.75) is 20.1 Å². The molecule has 0 radical (unpaired) electrons. The number of aromatic nitrogens is 2. The number of carbonyl (C=O) groups excluding carboxylic acids is 1. The van der Waals surface area contributed by atoms with Gasteiger partial charge in [-0.05, 0) is 69.4 Å². The fraction of sp³-hybridized carbons (Fsp3) is 0.233. The predicted molar refractivity (Wildman–Crippen MR) is 159 cm³/mol. The van der Waals surface area contributed by atoms with Crippen LogP contribution in [0.4, 0.5) is 5.69 Å². The topological polar surface area (TPSA) is 130 Å². The van der Waals surface area contributed by atoms with E-state index in [1.54, 1.807) is 55.1 Å². The number of phosphoric ester groups is 1. The zero-order valence-electron chi connectivity index (χ0n) is 23.3. The zero-order chi connectivity index (χ0) is 29.6. The molecule has 2 atom stereocenters. The van der Waals surface area contributed by atoms with Crippen LogP contribution in [-0.4, -0.2) is 52.5 Å². The van der Waals surface area contributed by atoms with Crippen LogP contribution in [0.3, 0.4) is 0 Å². The van der Waals surface area contributed by atoms with Gasteiger partial charge < -0.3 is 19.7 Å². The van der Waals surface area contributed by atoms with E-state index in [1.807, 2.05) is 55.4 Å². The van der Waals surface area contributed by atoms with Crippen molar-refractivity contribution in [1.82, 2.24) is 14.5 Å². The number of hydrogen-bond donors (Lipinski definition) is 2. The lowest BCUT2D eigenvalue weighted by atomic mass is 10.0. The quantitative estimate of drug-likeness (QED) is 0.166. The van der Waals surface area contributed by atoms with Crippen LogP contribution in [0.1, 0.15) is 25.6 Å². The Bertz CT molecular complexity index is 1670. The molecule has 4 rings (SSSR count). The fourth-order valence-electron chi connectivity index (χ4n) is 4.32. The first-order chi connectivity index (χ1) is 19.6. The predicted octanol–water partition coefficient (Wildman–Crippen LogP) is 5.97. The first kappa shape index (κ1) is 29.9. The van der Waals surface area contributed by atoms with E-state index in [9.17, 15) is 19.5 Å². The molecule has 11 heteroatoms. The molecular weight excluding hydrogens is 541 g/mol. The Morgan fingerprint density at radius 1 is 1.20 bits per heavy atom. The number of carbonyl (C=O) groups is 1. The highest BCUT2D eigenvalue weighted by atomic mass is 31.2. The van der Waals surface area contributed by atoms with Crippen LogP contribution >= 0.6 is 7.82 Å². The van der Waals surface area contributed by atoms with Crippen LogP contribution < -0.4 is 5.32 Å². The first-order valence-corrected chi connectivity index (χ1v) is 14.5. The van der Waals surface area contributed by atoms with Crippen molar-refractivity contribution in [3.8, 4) is 28.3 Å². The zero-order valence-corrected chi connectivity index (χ0v) is 24.2. The normalized spacial score (nSPS) is 13.8. The van der Waals surface area contributed by atoms with Crippen LogP contribution in [0.5, 0.6) is 0 Å². The molecule has 0 aliphatic carbocycles. The van der Waals surface area contributed by atoms with Gasteiger partial charge in [-0.3, -0.25) is 13.8 Å². The largest absolute Gasteiger partial charge is 0.474 e. The van der Waals surface area contributed by atoms with Crippen LogP contribution in [-0.2, 0) is 18.4 Å². The Morgan fingerprint density at radius 3 is 2.68 bits per heavy atom. The van der Waals surface area contributed by atoms with Gasteiger partial charge in [0.2, 0.25) is 5.91 Å². The maximum Gasteiger partial charge on any atom is 0.474 e. The molecule has 1 amide bonds. The van der Waals surface area contributed by atoms with E-state index in [-0.39, 0.29) is 12.5 Å². The average Bonchev–Trinajstić information content (AvgIpc) is 3.32. The second-order valence-electron chi connectivity index (χ2n) is 9.56. The Balaban J connectivity index is 1.75. The molecule has 0 saturated heterocycles. The van der Waals surface area contributed by atoms with Gasteiger partial charge >= 0.3 is 7.82 Å². The summed E-state index contributed by atoms with van der Waals surface area (Å²) in [5, 5.41) is 13.1. The highest BCUT2D eigenvalue weighted by Crippen LogP contribution is 2.47. The number of anilines is 1. The highest BCUT2D eigenvalue weighted by molar-refractivity contribution is 7.47. The lowest BCUT2D eigenvalue weighted by molar-refractivity contribution is -0.111. The Morgan fingerprint density at radius 2 is 1.95 bits per heavy atom.